The van der Waals surface area contributed by atoms with Crippen LogP contribution in [0.4, 0.5) is 4.39 Å². The summed E-state index contributed by atoms with van der Waals surface area (Å²) in [6.07, 6.45) is 2.51. The molecule has 1 aliphatic rings. The van der Waals surface area contributed by atoms with Gasteiger partial charge in [-0.2, -0.15) is 0 Å². The minimum Gasteiger partial charge on any atom is -0.351 e. The molecule has 2 heterocycles. The summed E-state index contributed by atoms with van der Waals surface area (Å²) in [6.45, 7) is 3.83. The number of aromatic nitrogens is 2. The minimum atomic E-state index is -0.289. The highest BCUT2D eigenvalue weighted by Gasteiger charge is 2.12. The number of rotatable bonds is 6. The Morgan fingerprint density at radius 3 is 2.56 bits per heavy atom. The van der Waals surface area contributed by atoms with Gasteiger partial charge in [-0.05, 0) is 67.4 Å². The van der Waals surface area contributed by atoms with Crippen molar-refractivity contribution in [1.29, 1.82) is 0 Å². The number of halogens is 1. The van der Waals surface area contributed by atoms with Gasteiger partial charge in [0.15, 0.2) is 0 Å². The Bertz CT molecular complexity index is 1240. The van der Waals surface area contributed by atoms with Crippen LogP contribution in [0.25, 0.3) is 33.5 Å². The summed E-state index contributed by atoms with van der Waals surface area (Å²) >= 11 is 0. The number of benzene rings is 3. The first-order chi connectivity index (χ1) is 15.7. The maximum absolute atomic E-state index is 13.4. The van der Waals surface area contributed by atoms with Crippen molar-refractivity contribution < 1.29 is 9.18 Å². The lowest BCUT2D eigenvalue weighted by atomic mass is 10.0. The van der Waals surface area contributed by atoms with E-state index in [-0.39, 0.29) is 11.7 Å². The van der Waals surface area contributed by atoms with Crippen LogP contribution in [0.5, 0.6) is 0 Å². The van der Waals surface area contributed by atoms with Crippen molar-refractivity contribution in [2.75, 3.05) is 26.2 Å². The van der Waals surface area contributed by atoms with Gasteiger partial charge in [0.25, 0.3) is 5.91 Å². The van der Waals surface area contributed by atoms with E-state index in [0.717, 1.165) is 41.8 Å². The highest BCUT2D eigenvalue weighted by molar-refractivity contribution is 5.95. The van der Waals surface area contributed by atoms with Crippen molar-refractivity contribution in [1.82, 2.24) is 20.2 Å². The maximum atomic E-state index is 13.4. The standard InChI is InChI=1S/C26H25FN4O/c27-22-10-11-23-24(17-22)30-25(29-23)19-8-6-18(7-9-19)20-4-3-5-21(16-20)26(32)28-12-15-31-13-1-2-14-31/h3-11,16-17H,1-2,12-15H2,(H,28,32)(H,29,30). The van der Waals surface area contributed by atoms with E-state index in [4.69, 9.17) is 0 Å². The Hall–Kier alpha value is -3.51. The first-order valence-electron chi connectivity index (χ1n) is 11.0. The quantitative estimate of drug-likeness (QED) is 0.461. The molecule has 1 saturated heterocycles. The van der Waals surface area contributed by atoms with Crippen molar-refractivity contribution in [3.8, 4) is 22.5 Å². The number of carbonyl (C=O) groups excluding carboxylic acids is 1. The van der Waals surface area contributed by atoms with Gasteiger partial charge in [0.05, 0.1) is 11.0 Å². The molecule has 162 valence electrons. The van der Waals surface area contributed by atoms with Crippen LogP contribution >= 0.6 is 0 Å². The van der Waals surface area contributed by atoms with Crippen molar-refractivity contribution >= 4 is 16.9 Å². The molecule has 0 bridgehead atoms. The third-order valence-electron chi connectivity index (χ3n) is 5.97. The van der Waals surface area contributed by atoms with Gasteiger partial charge in [-0.15, -0.1) is 0 Å². The number of nitrogens with zero attached hydrogens (tertiary/aromatic N) is 2. The fourth-order valence-electron chi connectivity index (χ4n) is 4.21. The smallest absolute Gasteiger partial charge is 0.251 e. The number of H-pyrrole nitrogens is 1. The summed E-state index contributed by atoms with van der Waals surface area (Å²) in [5.74, 6) is 0.364. The van der Waals surface area contributed by atoms with Gasteiger partial charge in [-0.3, -0.25) is 4.79 Å². The Balaban J connectivity index is 1.28. The molecule has 32 heavy (non-hydrogen) atoms. The molecule has 2 N–H and O–H groups in total. The van der Waals surface area contributed by atoms with Crippen LogP contribution in [-0.4, -0.2) is 47.0 Å². The van der Waals surface area contributed by atoms with Crippen molar-refractivity contribution in [2.45, 2.75) is 12.8 Å². The van der Waals surface area contributed by atoms with Crippen molar-refractivity contribution in [3.05, 3.63) is 78.1 Å². The molecule has 5 rings (SSSR count). The highest BCUT2D eigenvalue weighted by Crippen LogP contribution is 2.26. The molecule has 1 fully saturated rings. The molecule has 0 unspecified atom stereocenters. The number of amides is 1. The van der Waals surface area contributed by atoms with E-state index in [1.807, 2.05) is 48.5 Å². The summed E-state index contributed by atoms with van der Waals surface area (Å²) < 4.78 is 13.4. The lowest BCUT2D eigenvalue weighted by molar-refractivity contribution is 0.0950. The largest absolute Gasteiger partial charge is 0.351 e. The monoisotopic (exact) mass is 428 g/mol. The van der Waals surface area contributed by atoms with E-state index in [1.165, 1.54) is 25.0 Å². The van der Waals surface area contributed by atoms with E-state index in [0.29, 0.717) is 23.4 Å². The second-order valence-electron chi connectivity index (χ2n) is 8.21. The van der Waals surface area contributed by atoms with Crippen LogP contribution < -0.4 is 5.32 Å². The van der Waals surface area contributed by atoms with E-state index >= 15 is 0 Å². The molecule has 3 aromatic carbocycles. The second-order valence-corrected chi connectivity index (χ2v) is 8.21. The minimum absolute atomic E-state index is 0.0443. The van der Waals surface area contributed by atoms with Gasteiger partial charge in [0.1, 0.15) is 11.6 Å². The molecular weight excluding hydrogens is 403 g/mol. The second kappa shape index (κ2) is 8.93. The Morgan fingerprint density at radius 1 is 0.969 bits per heavy atom. The predicted molar refractivity (Wildman–Crippen MR) is 125 cm³/mol. The molecule has 1 amide bonds. The molecule has 0 atom stereocenters. The number of hydrogen-bond donors (Lipinski definition) is 2. The van der Waals surface area contributed by atoms with Gasteiger partial charge >= 0.3 is 0 Å². The maximum Gasteiger partial charge on any atom is 0.251 e. The van der Waals surface area contributed by atoms with Crippen molar-refractivity contribution in [3.63, 3.8) is 0 Å². The molecule has 4 aromatic rings. The fourth-order valence-corrected chi connectivity index (χ4v) is 4.21. The van der Waals surface area contributed by atoms with E-state index in [9.17, 15) is 9.18 Å². The number of imidazole rings is 1. The number of nitrogens with one attached hydrogen (secondary N) is 2. The third-order valence-corrected chi connectivity index (χ3v) is 5.97. The SMILES string of the molecule is O=C(NCCN1CCCC1)c1cccc(-c2ccc(-c3nc4ccc(F)cc4[nH]3)cc2)c1. The first-order valence-corrected chi connectivity index (χ1v) is 11.0. The van der Waals surface area contributed by atoms with Crippen molar-refractivity contribution in [2.24, 2.45) is 0 Å². The average molecular weight is 429 g/mol. The fraction of sp³-hybridized carbons (Fsp3) is 0.231. The van der Waals surface area contributed by atoms with Gasteiger partial charge in [0, 0.05) is 24.2 Å². The molecular formula is C26H25FN4O. The number of carbonyl (C=O) groups is 1. The van der Waals surface area contributed by atoms with Gasteiger partial charge in [-0.1, -0.05) is 36.4 Å². The van der Waals surface area contributed by atoms with Crippen LogP contribution in [0.15, 0.2) is 66.7 Å². The van der Waals surface area contributed by atoms with E-state index in [1.54, 1.807) is 6.07 Å². The highest BCUT2D eigenvalue weighted by atomic mass is 19.1. The summed E-state index contributed by atoms with van der Waals surface area (Å²) in [5.41, 5.74) is 4.98. The molecule has 1 aromatic heterocycles. The molecule has 1 aliphatic heterocycles. The third kappa shape index (κ3) is 4.41. The molecule has 5 nitrogen and oxygen atoms in total. The number of hydrogen-bond acceptors (Lipinski definition) is 3. The molecule has 0 radical (unpaired) electrons. The summed E-state index contributed by atoms with van der Waals surface area (Å²) in [7, 11) is 0. The number of likely N-dealkylation sites (tertiary alicyclic amines) is 1. The van der Waals surface area contributed by atoms with Crippen LogP contribution in [0.2, 0.25) is 0 Å². The van der Waals surface area contributed by atoms with E-state index in [2.05, 4.69) is 20.2 Å². The molecule has 0 aliphatic carbocycles. The van der Waals surface area contributed by atoms with Crippen LogP contribution in [-0.2, 0) is 0 Å². The lowest BCUT2D eigenvalue weighted by Gasteiger charge is -2.14. The Morgan fingerprint density at radius 2 is 1.75 bits per heavy atom. The van der Waals surface area contributed by atoms with Crippen LogP contribution in [0, 0.1) is 5.82 Å². The predicted octanol–water partition coefficient (Wildman–Crippen LogP) is 4.86. The molecule has 0 saturated carbocycles. The molecule has 6 heteroatoms. The number of aromatic amines is 1. The average Bonchev–Trinajstić information content (AvgIpc) is 3.49. The van der Waals surface area contributed by atoms with Crippen LogP contribution in [0.3, 0.4) is 0 Å². The summed E-state index contributed by atoms with van der Waals surface area (Å²) in [6, 6.07) is 20.2. The topological polar surface area (TPSA) is 61.0 Å². The summed E-state index contributed by atoms with van der Waals surface area (Å²) in [4.78, 5) is 22.7. The van der Waals surface area contributed by atoms with Crippen LogP contribution in [0.1, 0.15) is 23.2 Å². The summed E-state index contributed by atoms with van der Waals surface area (Å²) in [5, 5.41) is 3.03. The Kier molecular flexibility index (Phi) is 5.69. The normalized spacial score (nSPS) is 14.2. The first kappa shape index (κ1) is 20.4. The number of fused-ring (bicyclic) bond motifs is 1. The van der Waals surface area contributed by atoms with Gasteiger partial charge in [-0.25, -0.2) is 9.37 Å². The van der Waals surface area contributed by atoms with E-state index < -0.39 is 0 Å². The zero-order chi connectivity index (χ0) is 21.9. The van der Waals surface area contributed by atoms with Gasteiger partial charge in [0.2, 0.25) is 0 Å². The van der Waals surface area contributed by atoms with Gasteiger partial charge < -0.3 is 15.2 Å². The lowest BCUT2D eigenvalue weighted by Crippen LogP contribution is -2.33. The Labute approximate surface area is 186 Å². The molecule has 0 spiro atoms. The zero-order valence-corrected chi connectivity index (χ0v) is 17.8. The zero-order valence-electron chi connectivity index (χ0n) is 17.8.